The number of guanidine groups is 1. The van der Waals surface area contributed by atoms with Gasteiger partial charge in [-0.2, -0.15) is 0 Å². The molecule has 0 saturated heterocycles. The number of halogens is 1. The van der Waals surface area contributed by atoms with Gasteiger partial charge in [0.05, 0.1) is 6.61 Å². The summed E-state index contributed by atoms with van der Waals surface area (Å²) < 4.78 is 6.04. The van der Waals surface area contributed by atoms with Crippen LogP contribution in [0.3, 0.4) is 0 Å². The van der Waals surface area contributed by atoms with Gasteiger partial charge in [-0.1, -0.05) is 29.8 Å². The third-order valence-corrected chi connectivity index (χ3v) is 4.78. The third kappa shape index (κ3) is 6.43. The Kier molecular flexibility index (Phi) is 6.93. The molecule has 0 radical (unpaired) electrons. The number of hydrogen-bond acceptors (Lipinski definition) is 3. The van der Waals surface area contributed by atoms with E-state index in [2.05, 4.69) is 45.7 Å². The Balaban J connectivity index is 1.49. The Hall–Kier alpha value is -2.27. The molecule has 2 aromatic rings. The fourth-order valence-electron chi connectivity index (χ4n) is 2.71. The Labute approximate surface area is 166 Å². The molecule has 0 atom stereocenters. The van der Waals surface area contributed by atoms with Gasteiger partial charge in [0, 0.05) is 31.9 Å². The van der Waals surface area contributed by atoms with Gasteiger partial charge in [0.15, 0.2) is 5.96 Å². The largest absolute Gasteiger partial charge is 0.493 e. The van der Waals surface area contributed by atoms with Crippen LogP contribution in [0, 0.1) is 12.8 Å². The Morgan fingerprint density at radius 3 is 2.81 bits per heavy atom. The van der Waals surface area contributed by atoms with Crippen LogP contribution in [0.15, 0.2) is 41.5 Å². The summed E-state index contributed by atoms with van der Waals surface area (Å²) in [6.45, 7) is 4.34. The molecule has 0 aliphatic heterocycles. The number of pyridine rings is 1. The minimum Gasteiger partial charge on any atom is -0.493 e. The molecule has 1 aliphatic carbocycles. The number of hydrogen-bond donors (Lipinski definition) is 2. The van der Waals surface area contributed by atoms with Crippen LogP contribution in [0.5, 0.6) is 5.75 Å². The van der Waals surface area contributed by atoms with E-state index in [0.717, 1.165) is 48.3 Å². The fourth-order valence-corrected chi connectivity index (χ4v) is 2.83. The van der Waals surface area contributed by atoms with Crippen molar-refractivity contribution in [3.63, 3.8) is 0 Å². The number of aryl methyl sites for hydroxylation is 1. The summed E-state index contributed by atoms with van der Waals surface area (Å²) in [5.41, 5.74) is 3.49. The fraction of sp³-hybridized carbons (Fsp3) is 0.429. The number of aliphatic imine (C=N–C) groups is 1. The van der Waals surface area contributed by atoms with E-state index in [1.165, 1.54) is 18.4 Å². The van der Waals surface area contributed by atoms with Crippen LogP contribution in [-0.2, 0) is 13.0 Å². The number of aromatic nitrogens is 1. The zero-order valence-electron chi connectivity index (χ0n) is 16.0. The summed E-state index contributed by atoms with van der Waals surface area (Å²) in [6.07, 6.45) is 5.24. The number of benzene rings is 1. The van der Waals surface area contributed by atoms with E-state index >= 15 is 0 Å². The van der Waals surface area contributed by atoms with Gasteiger partial charge in [-0.3, -0.25) is 4.99 Å². The Bertz CT molecular complexity index is 772. The van der Waals surface area contributed by atoms with E-state index in [4.69, 9.17) is 16.3 Å². The predicted octanol–water partition coefficient (Wildman–Crippen LogP) is 3.74. The second kappa shape index (κ2) is 9.60. The first-order chi connectivity index (χ1) is 13.1. The standard InChI is InChI=1S/C21H27ClN4O/c1-15-3-7-18(19(11-15)27-14-17-4-5-17)13-26-21(23-2)24-10-9-16-6-8-20(22)25-12-16/h3,6-8,11-12,17H,4-5,9-10,13-14H2,1-2H3,(H2,23,24,26). The Morgan fingerprint density at radius 2 is 2.11 bits per heavy atom. The minimum atomic E-state index is 0.516. The molecule has 1 aromatic heterocycles. The van der Waals surface area contributed by atoms with Crippen LogP contribution < -0.4 is 15.4 Å². The maximum atomic E-state index is 6.04. The molecule has 1 aromatic carbocycles. The highest BCUT2D eigenvalue weighted by Gasteiger charge is 2.22. The second-order valence-corrected chi connectivity index (χ2v) is 7.34. The molecule has 0 unspecified atom stereocenters. The van der Waals surface area contributed by atoms with Gasteiger partial charge in [0.25, 0.3) is 0 Å². The van der Waals surface area contributed by atoms with E-state index in [0.29, 0.717) is 11.7 Å². The summed E-state index contributed by atoms with van der Waals surface area (Å²) in [6, 6.07) is 10.2. The lowest BCUT2D eigenvalue weighted by atomic mass is 10.1. The molecule has 2 N–H and O–H groups in total. The molecule has 1 saturated carbocycles. The summed E-state index contributed by atoms with van der Waals surface area (Å²) >= 11 is 5.82. The van der Waals surface area contributed by atoms with Crippen molar-refractivity contribution in [3.05, 3.63) is 58.4 Å². The van der Waals surface area contributed by atoms with E-state index in [1.807, 2.05) is 12.1 Å². The number of nitrogens with one attached hydrogen (secondary N) is 2. The van der Waals surface area contributed by atoms with E-state index in [-0.39, 0.29) is 0 Å². The van der Waals surface area contributed by atoms with Gasteiger partial charge in [0.1, 0.15) is 10.9 Å². The SMILES string of the molecule is CN=C(NCCc1ccc(Cl)nc1)NCc1ccc(C)cc1OCC1CC1. The Morgan fingerprint density at radius 1 is 1.26 bits per heavy atom. The lowest BCUT2D eigenvalue weighted by molar-refractivity contribution is 0.296. The van der Waals surface area contributed by atoms with Crippen molar-refractivity contribution in [1.29, 1.82) is 0 Å². The van der Waals surface area contributed by atoms with Gasteiger partial charge >= 0.3 is 0 Å². The molecule has 3 rings (SSSR count). The molecular weight excluding hydrogens is 360 g/mol. The highest BCUT2D eigenvalue weighted by molar-refractivity contribution is 6.29. The van der Waals surface area contributed by atoms with Gasteiger partial charge in [-0.05, 0) is 55.4 Å². The highest BCUT2D eigenvalue weighted by atomic mass is 35.5. The molecule has 6 heteroatoms. The molecule has 1 aliphatic rings. The molecule has 0 amide bonds. The summed E-state index contributed by atoms with van der Waals surface area (Å²) in [7, 11) is 1.78. The average molecular weight is 387 g/mol. The van der Waals surface area contributed by atoms with E-state index in [1.54, 1.807) is 13.2 Å². The minimum absolute atomic E-state index is 0.516. The molecule has 144 valence electrons. The van der Waals surface area contributed by atoms with Crippen molar-refractivity contribution in [2.75, 3.05) is 20.2 Å². The van der Waals surface area contributed by atoms with Gasteiger partial charge < -0.3 is 15.4 Å². The normalized spacial score (nSPS) is 14.1. The van der Waals surface area contributed by atoms with Crippen LogP contribution in [-0.4, -0.2) is 31.1 Å². The summed E-state index contributed by atoms with van der Waals surface area (Å²) in [5, 5.41) is 7.21. The molecule has 0 bridgehead atoms. The van der Waals surface area contributed by atoms with Crippen LogP contribution in [0.25, 0.3) is 0 Å². The van der Waals surface area contributed by atoms with Crippen molar-refractivity contribution in [1.82, 2.24) is 15.6 Å². The highest BCUT2D eigenvalue weighted by Crippen LogP contribution is 2.30. The van der Waals surface area contributed by atoms with E-state index in [9.17, 15) is 0 Å². The molecule has 1 heterocycles. The topological polar surface area (TPSA) is 58.5 Å². The first kappa shape index (κ1) is 19.5. The first-order valence-electron chi connectivity index (χ1n) is 9.41. The van der Waals surface area contributed by atoms with Crippen molar-refractivity contribution in [2.24, 2.45) is 10.9 Å². The van der Waals surface area contributed by atoms with Crippen molar-refractivity contribution >= 4 is 17.6 Å². The maximum absolute atomic E-state index is 6.04. The zero-order chi connectivity index (χ0) is 19.1. The maximum Gasteiger partial charge on any atom is 0.191 e. The van der Waals surface area contributed by atoms with Crippen LogP contribution in [0.4, 0.5) is 0 Å². The monoisotopic (exact) mass is 386 g/mol. The lowest BCUT2D eigenvalue weighted by Gasteiger charge is -2.15. The number of rotatable bonds is 8. The first-order valence-corrected chi connectivity index (χ1v) is 9.79. The second-order valence-electron chi connectivity index (χ2n) is 6.96. The number of ether oxygens (including phenoxy) is 1. The van der Waals surface area contributed by atoms with Crippen LogP contribution >= 0.6 is 11.6 Å². The molecule has 1 fully saturated rings. The lowest BCUT2D eigenvalue weighted by Crippen LogP contribution is -2.38. The van der Waals surface area contributed by atoms with Crippen molar-refractivity contribution in [3.8, 4) is 5.75 Å². The summed E-state index contributed by atoms with van der Waals surface area (Å²) in [5.74, 6) is 2.48. The van der Waals surface area contributed by atoms with Crippen molar-refractivity contribution < 1.29 is 4.74 Å². The van der Waals surface area contributed by atoms with E-state index < -0.39 is 0 Å². The van der Waals surface area contributed by atoms with Crippen LogP contribution in [0.1, 0.15) is 29.5 Å². The smallest absolute Gasteiger partial charge is 0.191 e. The van der Waals surface area contributed by atoms with Gasteiger partial charge in [-0.25, -0.2) is 4.98 Å². The van der Waals surface area contributed by atoms with Crippen LogP contribution in [0.2, 0.25) is 5.15 Å². The molecular formula is C21H27ClN4O. The summed E-state index contributed by atoms with van der Waals surface area (Å²) in [4.78, 5) is 8.40. The van der Waals surface area contributed by atoms with Gasteiger partial charge in [0.2, 0.25) is 0 Å². The molecule has 5 nitrogen and oxygen atoms in total. The molecule has 0 spiro atoms. The van der Waals surface area contributed by atoms with Crippen molar-refractivity contribution in [2.45, 2.75) is 32.7 Å². The van der Waals surface area contributed by atoms with Gasteiger partial charge in [-0.15, -0.1) is 0 Å². The predicted molar refractivity (Wildman–Crippen MR) is 111 cm³/mol. The number of nitrogens with zero attached hydrogens (tertiary/aromatic N) is 2. The average Bonchev–Trinajstić information content (AvgIpc) is 3.50. The quantitative estimate of drug-likeness (QED) is 0.412. The third-order valence-electron chi connectivity index (χ3n) is 4.56. The zero-order valence-corrected chi connectivity index (χ0v) is 16.7. The molecule has 27 heavy (non-hydrogen) atoms.